The van der Waals surface area contributed by atoms with E-state index in [9.17, 15) is 9.59 Å². The lowest BCUT2D eigenvalue weighted by Gasteiger charge is -2.16. The van der Waals surface area contributed by atoms with Gasteiger partial charge in [-0.15, -0.1) is 0 Å². The van der Waals surface area contributed by atoms with Crippen molar-refractivity contribution in [3.05, 3.63) is 99.7 Å². The fourth-order valence-corrected chi connectivity index (χ4v) is 3.83. The van der Waals surface area contributed by atoms with Crippen molar-refractivity contribution < 1.29 is 9.59 Å². The molecule has 1 N–H and O–H groups in total. The van der Waals surface area contributed by atoms with Gasteiger partial charge in [-0.2, -0.15) is 0 Å². The van der Waals surface area contributed by atoms with Gasteiger partial charge in [0.1, 0.15) is 5.70 Å². The van der Waals surface area contributed by atoms with Crippen LogP contribution in [0.1, 0.15) is 33.4 Å². The molecule has 0 fully saturated rings. The number of rotatable bonds is 4. The number of anilines is 2. The Balaban J connectivity index is 1.85. The summed E-state index contributed by atoms with van der Waals surface area (Å²) in [5.41, 5.74) is 8.26. The van der Waals surface area contributed by atoms with Crippen molar-refractivity contribution in [2.24, 2.45) is 0 Å². The van der Waals surface area contributed by atoms with Crippen molar-refractivity contribution in [2.45, 2.75) is 34.6 Å². The Kier molecular flexibility index (Phi) is 5.24. The molecule has 31 heavy (non-hydrogen) atoms. The largest absolute Gasteiger partial charge is 0.350 e. The molecule has 0 radical (unpaired) electrons. The van der Waals surface area contributed by atoms with Crippen LogP contribution in [0.5, 0.6) is 0 Å². The van der Waals surface area contributed by atoms with Crippen molar-refractivity contribution in [1.82, 2.24) is 0 Å². The van der Waals surface area contributed by atoms with E-state index in [-0.39, 0.29) is 11.8 Å². The van der Waals surface area contributed by atoms with Gasteiger partial charge in [-0.25, -0.2) is 4.90 Å². The van der Waals surface area contributed by atoms with Crippen LogP contribution in [0.15, 0.2) is 66.4 Å². The van der Waals surface area contributed by atoms with E-state index in [1.165, 1.54) is 4.90 Å². The van der Waals surface area contributed by atoms with Crippen LogP contribution in [0.25, 0.3) is 5.57 Å². The van der Waals surface area contributed by atoms with E-state index in [0.717, 1.165) is 39.1 Å². The fraction of sp³-hybridized carbons (Fsp3) is 0.185. The monoisotopic (exact) mass is 410 g/mol. The molecule has 4 heteroatoms. The molecule has 0 unspecified atom stereocenters. The predicted molar refractivity (Wildman–Crippen MR) is 126 cm³/mol. The summed E-state index contributed by atoms with van der Waals surface area (Å²) in [6, 6.07) is 19.3. The molecule has 0 spiro atoms. The van der Waals surface area contributed by atoms with Crippen LogP contribution in [0.4, 0.5) is 11.4 Å². The fourth-order valence-electron chi connectivity index (χ4n) is 3.83. The van der Waals surface area contributed by atoms with Crippen LogP contribution in [0.2, 0.25) is 0 Å². The third-order valence-electron chi connectivity index (χ3n) is 5.81. The predicted octanol–water partition coefficient (Wildman–Crippen LogP) is 5.63. The van der Waals surface area contributed by atoms with Crippen molar-refractivity contribution in [3.8, 4) is 0 Å². The van der Waals surface area contributed by atoms with E-state index in [1.807, 2.05) is 89.2 Å². The normalized spacial score (nSPS) is 13.9. The van der Waals surface area contributed by atoms with Crippen LogP contribution in [-0.2, 0) is 9.59 Å². The molecular weight excluding hydrogens is 384 g/mol. The average Bonchev–Trinajstić information content (AvgIpc) is 2.97. The van der Waals surface area contributed by atoms with Gasteiger partial charge >= 0.3 is 0 Å². The first-order valence-electron chi connectivity index (χ1n) is 10.4. The molecule has 1 heterocycles. The van der Waals surface area contributed by atoms with E-state index >= 15 is 0 Å². The van der Waals surface area contributed by atoms with Crippen molar-refractivity contribution in [3.63, 3.8) is 0 Å². The van der Waals surface area contributed by atoms with E-state index in [4.69, 9.17) is 0 Å². The second kappa shape index (κ2) is 7.88. The first kappa shape index (κ1) is 20.6. The minimum absolute atomic E-state index is 0.306. The van der Waals surface area contributed by atoms with Gasteiger partial charge in [0, 0.05) is 5.69 Å². The lowest BCUT2D eigenvalue weighted by atomic mass is 9.99. The molecule has 0 aliphatic carbocycles. The summed E-state index contributed by atoms with van der Waals surface area (Å²) in [6.45, 7) is 10.0. The molecular formula is C27H26N2O2. The molecule has 0 saturated carbocycles. The van der Waals surface area contributed by atoms with Crippen LogP contribution >= 0.6 is 0 Å². The molecule has 1 aliphatic heterocycles. The lowest BCUT2D eigenvalue weighted by Crippen LogP contribution is -2.32. The summed E-state index contributed by atoms with van der Waals surface area (Å²) in [5, 5.41) is 3.28. The van der Waals surface area contributed by atoms with Gasteiger partial charge in [0.05, 0.1) is 11.3 Å². The number of carbonyl (C=O) groups is 2. The highest BCUT2D eigenvalue weighted by molar-refractivity contribution is 6.46. The third kappa shape index (κ3) is 3.77. The van der Waals surface area contributed by atoms with Crippen molar-refractivity contribution >= 4 is 28.8 Å². The number of hydrogen-bond acceptors (Lipinski definition) is 3. The maximum atomic E-state index is 13.5. The Morgan fingerprint density at radius 3 is 1.97 bits per heavy atom. The highest BCUT2D eigenvalue weighted by atomic mass is 16.2. The Morgan fingerprint density at radius 1 is 0.645 bits per heavy atom. The molecule has 156 valence electrons. The average molecular weight is 411 g/mol. The first-order valence-corrected chi connectivity index (χ1v) is 10.4. The zero-order valence-electron chi connectivity index (χ0n) is 18.5. The highest BCUT2D eigenvalue weighted by Crippen LogP contribution is 2.35. The second-order valence-corrected chi connectivity index (χ2v) is 8.27. The smallest absolute Gasteiger partial charge is 0.282 e. The van der Waals surface area contributed by atoms with Gasteiger partial charge < -0.3 is 5.32 Å². The van der Waals surface area contributed by atoms with E-state index in [1.54, 1.807) is 0 Å². The van der Waals surface area contributed by atoms with Gasteiger partial charge in [-0.3, -0.25) is 9.59 Å². The lowest BCUT2D eigenvalue weighted by molar-refractivity contribution is -0.120. The summed E-state index contributed by atoms with van der Waals surface area (Å²) in [4.78, 5) is 28.3. The summed E-state index contributed by atoms with van der Waals surface area (Å²) in [6.07, 6.45) is 0. The summed E-state index contributed by atoms with van der Waals surface area (Å²) in [7, 11) is 0. The van der Waals surface area contributed by atoms with Gasteiger partial charge in [-0.1, -0.05) is 53.6 Å². The molecule has 3 aromatic carbocycles. The van der Waals surface area contributed by atoms with Crippen molar-refractivity contribution in [2.75, 3.05) is 10.2 Å². The SMILES string of the molecule is Cc1ccc(N2C(=O)C(Nc3ccc(C)cc3C)=C(c3ccc(C)c(C)c3)C2=O)cc1. The summed E-state index contributed by atoms with van der Waals surface area (Å²) >= 11 is 0. The minimum atomic E-state index is -0.345. The topological polar surface area (TPSA) is 49.4 Å². The molecule has 0 aromatic heterocycles. The second-order valence-electron chi connectivity index (χ2n) is 8.27. The number of hydrogen-bond donors (Lipinski definition) is 1. The number of nitrogens with one attached hydrogen (secondary N) is 1. The highest BCUT2D eigenvalue weighted by Gasteiger charge is 2.40. The minimum Gasteiger partial charge on any atom is -0.350 e. The van der Waals surface area contributed by atoms with E-state index < -0.39 is 0 Å². The van der Waals surface area contributed by atoms with Gasteiger partial charge in [-0.05, 0) is 75.1 Å². The third-order valence-corrected chi connectivity index (χ3v) is 5.81. The number of imide groups is 1. The molecule has 2 amide bonds. The molecule has 0 atom stereocenters. The Hall–Kier alpha value is -3.66. The molecule has 4 rings (SSSR count). The number of aryl methyl sites for hydroxylation is 5. The van der Waals surface area contributed by atoms with Gasteiger partial charge in [0.25, 0.3) is 11.8 Å². The summed E-state index contributed by atoms with van der Waals surface area (Å²) in [5.74, 6) is -0.661. The zero-order valence-corrected chi connectivity index (χ0v) is 18.5. The van der Waals surface area contributed by atoms with Crippen molar-refractivity contribution in [1.29, 1.82) is 0 Å². The van der Waals surface area contributed by atoms with Crippen LogP contribution in [0, 0.1) is 34.6 Å². The molecule has 3 aromatic rings. The zero-order chi connectivity index (χ0) is 22.3. The van der Waals surface area contributed by atoms with Crippen LogP contribution in [0.3, 0.4) is 0 Å². The number of amides is 2. The number of benzene rings is 3. The van der Waals surface area contributed by atoms with E-state index in [0.29, 0.717) is 17.0 Å². The Labute approximate surface area is 183 Å². The molecule has 0 saturated heterocycles. The molecule has 0 bridgehead atoms. The van der Waals surface area contributed by atoms with Crippen LogP contribution < -0.4 is 10.2 Å². The van der Waals surface area contributed by atoms with Gasteiger partial charge in [0.2, 0.25) is 0 Å². The number of nitrogens with zero attached hydrogens (tertiary/aromatic N) is 1. The maximum absolute atomic E-state index is 13.5. The Bertz CT molecular complexity index is 1240. The molecule has 4 nitrogen and oxygen atoms in total. The number of carbonyl (C=O) groups excluding carboxylic acids is 2. The quantitative estimate of drug-likeness (QED) is 0.568. The van der Waals surface area contributed by atoms with Gasteiger partial charge in [0.15, 0.2) is 0 Å². The standard InChI is InChI=1S/C27H26N2O2/c1-16-6-11-22(12-7-16)29-26(30)24(21-10-9-18(3)19(4)15-21)25(27(29)31)28-23-13-8-17(2)14-20(23)5/h6-15,28H,1-5H3. The summed E-state index contributed by atoms with van der Waals surface area (Å²) < 4.78 is 0. The van der Waals surface area contributed by atoms with Crippen LogP contribution in [-0.4, -0.2) is 11.8 Å². The first-order chi connectivity index (χ1) is 14.8. The van der Waals surface area contributed by atoms with E-state index in [2.05, 4.69) is 11.4 Å². The molecule has 1 aliphatic rings. The Morgan fingerprint density at radius 2 is 1.32 bits per heavy atom. The maximum Gasteiger partial charge on any atom is 0.282 e.